The molecule has 9 heteroatoms. The number of hydrogen-bond donors (Lipinski definition) is 0. The molecule has 2 aromatic carbocycles. The molecular formula is C22H26N4O3S2. The zero-order valence-corrected chi connectivity index (χ0v) is 19.3. The summed E-state index contributed by atoms with van der Waals surface area (Å²) >= 11 is 1.64. The van der Waals surface area contributed by atoms with E-state index in [2.05, 4.69) is 4.98 Å². The van der Waals surface area contributed by atoms with Crippen molar-refractivity contribution in [3.05, 3.63) is 59.6 Å². The first kappa shape index (κ1) is 21.9. The number of hydrogen-bond acceptors (Lipinski definition) is 6. The molecule has 0 bridgehead atoms. The van der Waals surface area contributed by atoms with Crippen molar-refractivity contribution >= 4 is 37.5 Å². The lowest BCUT2D eigenvalue weighted by molar-refractivity contribution is -0.137. The molecular weight excluding hydrogens is 432 g/mol. The number of sulfonamides is 1. The predicted octanol–water partition coefficient (Wildman–Crippen LogP) is 2.65. The normalized spacial score (nSPS) is 16.7. The van der Waals surface area contributed by atoms with E-state index in [9.17, 15) is 13.2 Å². The van der Waals surface area contributed by atoms with E-state index in [4.69, 9.17) is 0 Å². The average Bonchev–Trinajstić information content (AvgIpc) is 3.21. The Kier molecular flexibility index (Phi) is 6.38. The second-order valence-corrected chi connectivity index (χ2v) is 10.8. The molecule has 3 aromatic rings. The highest BCUT2D eigenvalue weighted by molar-refractivity contribution is 7.89. The van der Waals surface area contributed by atoms with Crippen LogP contribution in [0.3, 0.4) is 0 Å². The number of para-hydroxylation sites is 1. The predicted molar refractivity (Wildman–Crippen MR) is 122 cm³/mol. The summed E-state index contributed by atoms with van der Waals surface area (Å²) in [7, 11) is -1.60. The van der Waals surface area contributed by atoms with Crippen molar-refractivity contribution in [2.75, 3.05) is 33.2 Å². The minimum atomic E-state index is -3.52. The Morgan fingerprint density at radius 2 is 1.71 bits per heavy atom. The van der Waals surface area contributed by atoms with Crippen LogP contribution in [0.25, 0.3) is 10.2 Å². The van der Waals surface area contributed by atoms with Gasteiger partial charge in [-0.2, -0.15) is 4.31 Å². The second-order valence-electron chi connectivity index (χ2n) is 7.71. The zero-order valence-electron chi connectivity index (χ0n) is 17.6. The van der Waals surface area contributed by atoms with Crippen molar-refractivity contribution in [2.24, 2.45) is 0 Å². The van der Waals surface area contributed by atoms with Gasteiger partial charge in [0.2, 0.25) is 15.9 Å². The largest absolute Gasteiger partial charge is 0.339 e. The van der Waals surface area contributed by atoms with E-state index >= 15 is 0 Å². The number of benzene rings is 2. The molecule has 0 saturated carbocycles. The molecule has 164 valence electrons. The fourth-order valence-electron chi connectivity index (χ4n) is 3.68. The summed E-state index contributed by atoms with van der Waals surface area (Å²) in [6, 6.07) is 16.1. The van der Waals surface area contributed by atoms with Crippen molar-refractivity contribution in [1.29, 1.82) is 0 Å². The fourth-order valence-corrected chi connectivity index (χ4v) is 6.16. The van der Waals surface area contributed by atoms with Crippen LogP contribution < -0.4 is 0 Å². The van der Waals surface area contributed by atoms with Gasteiger partial charge in [0.05, 0.1) is 27.7 Å². The number of carbonyl (C=O) groups is 1. The smallest absolute Gasteiger partial charge is 0.243 e. The van der Waals surface area contributed by atoms with Gasteiger partial charge in [0, 0.05) is 26.2 Å². The first-order chi connectivity index (χ1) is 14.9. The number of carbonyl (C=O) groups excluding carboxylic acids is 1. The first-order valence-corrected chi connectivity index (χ1v) is 12.5. The zero-order chi connectivity index (χ0) is 22.0. The Hall–Kier alpha value is -2.33. The Labute approximate surface area is 187 Å². The van der Waals surface area contributed by atoms with E-state index in [1.807, 2.05) is 43.1 Å². The number of amides is 1. The minimum Gasteiger partial charge on any atom is -0.339 e. The summed E-state index contributed by atoms with van der Waals surface area (Å²) in [6.45, 7) is 3.88. The minimum absolute atomic E-state index is 0.0142. The molecule has 1 saturated heterocycles. The van der Waals surface area contributed by atoms with Crippen LogP contribution in [0, 0.1) is 0 Å². The second kappa shape index (κ2) is 9.04. The molecule has 2 heterocycles. The van der Waals surface area contributed by atoms with Crippen LogP contribution in [0.15, 0.2) is 59.5 Å². The van der Waals surface area contributed by atoms with Crippen LogP contribution in [-0.2, 0) is 21.4 Å². The lowest BCUT2D eigenvalue weighted by Gasteiger charge is -2.36. The van der Waals surface area contributed by atoms with Crippen LogP contribution in [-0.4, -0.2) is 72.7 Å². The van der Waals surface area contributed by atoms with E-state index in [1.165, 1.54) is 4.31 Å². The molecule has 0 radical (unpaired) electrons. The Morgan fingerprint density at radius 3 is 2.39 bits per heavy atom. The highest BCUT2D eigenvalue weighted by Gasteiger charge is 2.32. The summed E-state index contributed by atoms with van der Waals surface area (Å²) in [5.41, 5.74) is 0.977. The van der Waals surface area contributed by atoms with Crippen LogP contribution in [0.5, 0.6) is 0 Å². The van der Waals surface area contributed by atoms with Crippen LogP contribution in [0.4, 0.5) is 0 Å². The van der Waals surface area contributed by atoms with Crippen molar-refractivity contribution in [3.63, 3.8) is 0 Å². The maximum Gasteiger partial charge on any atom is 0.243 e. The first-order valence-electron chi connectivity index (χ1n) is 10.2. The Balaban J connectivity index is 1.35. The van der Waals surface area contributed by atoms with Crippen LogP contribution >= 0.6 is 11.3 Å². The molecule has 31 heavy (non-hydrogen) atoms. The van der Waals surface area contributed by atoms with E-state index in [0.717, 1.165) is 15.2 Å². The summed E-state index contributed by atoms with van der Waals surface area (Å²) < 4.78 is 28.2. The molecule has 0 aliphatic carbocycles. The molecule has 1 aliphatic rings. The molecule has 1 aromatic heterocycles. The number of nitrogens with zero attached hydrogens (tertiary/aromatic N) is 4. The van der Waals surface area contributed by atoms with Crippen LogP contribution in [0.2, 0.25) is 0 Å². The number of likely N-dealkylation sites (N-methyl/N-ethyl adjacent to an activating group) is 1. The van der Waals surface area contributed by atoms with E-state index < -0.39 is 10.0 Å². The lowest BCUT2D eigenvalue weighted by atomic mass is 10.2. The van der Waals surface area contributed by atoms with Gasteiger partial charge in [0.1, 0.15) is 5.01 Å². The molecule has 1 atom stereocenters. The number of fused-ring (bicyclic) bond motifs is 1. The van der Waals surface area contributed by atoms with Crippen LogP contribution in [0.1, 0.15) is 11.9 Å². The Bertz CT molecular complexity index is 1120. The van der Waals surface area contributed by atoms with Gasteiger partial charge >= 0.3 is 0 Å². The third-order valence-electron chi connectivity index (χ3n) is 5.67. The van der Waals surface area contributed by atoms with Gasteiger partial charge in [-0.05, 0) is 38.2 Å². The van der Waals surface area contributed by atoms with Crippen molar-refractivity contribution in [1.82, 2.24) is 19.1 Å². The quantitative estimate of drug-likeness (QED) is 0.568. The number of thiazole rings is 1. The molecule has 1 amide bonds. The lowest BCUT2D eigenvalue weighted by Crippen LogP contribution is -2.54. The standard InChI is InChI=1S/C22H26N4O3S2/c1-17(24(2)16-21-23-19-10-6-7-11-20(19)30-21)22(27)25-12-14-26(15-13-25)31(28,29)18-8-4-3-5-9-18/h3-11,17H,12-16H2,1-2H3/t17-/m0/s1. The average molecular weight is 459 g/mol. The molecule has 0 N–H and O–H groups in total. The van der Waals surface area contributed by atoms with Gasteiger partial charge in [0.25, 0.3) is 0 Å². The summed E-state index contributed by atoms with van der Waals surface area (Å²) in [4.78, 5) is 21.7. The van der Waals surface area contributed by atoms with Gasteiger partial charge in [-0.25, -0.2) is 13.4 Å². The maximum atomic E-state index is 13.0. The summed E-state index contributed by atoms with van der Waals surface area (Å²) in [6.07, 6.45) is 0. The van der Waals surface area contributed by atoms with Gasteiger partial charge in [-0.15, -0.1) is 11.3 Å². The van der Waals surface area contributed by atoms with Gasteiger partial charge in [-0.3, -0.25) is 9.69 Å². The molecule has 1 fully saturated rings. The molecule has 4 rings (SSSR count). The topological polar surface area (TPSA) is 73.8 Å². The van der Waals surface area contributed by atoms with Gasteiger partial charge in [0.15, 0.2) is 0 Å². The highest BCUT2D eigenvalue weighted by Crippen LogP contribution is 2.23. The fraction of sp³-hybridized carbons (Fsp3) is 0.364. The summed E-state index contributed by atoms with van der Waals surface area (Å²) in [5.74, 6) is 0.0142. The molecule has 0 spiro atoms. The van der Waals surface area contributed by atoms with Gasteiger partial charge < -0.3 is 4.90 Å². The van der Waals surface area contributed by atoms with Crippen molar-refractivity contribution in [3.8, 4) is 0 Å². The van der Waals surface area contributed by atoms with E-state index in [-0.39, 0.29) is 11.9 Å². The third kappa shape index (κ3) is 4.64. The van der Waals surface area contributed by atoms with Gasteiger partial charge in [-0.1, -0.05) is 30.3 Å². The summed E-state index contributed by atoms with van der Waals surface area (Å²) in [5, 5.41) is 0.974. The number of aromatic nitrogens is 1. The van der Waals surface area contributed by atoms with E-state index in [1.54, 1.807) is 46.6 Å². The monoisotopic (exact) mass is 458 g/mol. The number of piperazine rings is 1. The number of rotatable bonds is 6. The Morgan fingerprint density at radius 1 is 1.06 bits per heavy atom. The highest BCUT2D eigenvalue weighted by atomic mass is 32.2. The molecule has 0 unspecified atom stereocenters. The maximum absolute atomic E-state index is 13.0. The molecule has 7 nitrogen and oxygen atoms in total. The van der Waals surface area contributed by atoms with Crippen molar-refractivity contribution < 1.29 is 13.2 Å². The SMILES string of the molecule is C[C@@H](C(=O)N1CCN(S(=O)(=O)c2ccccc2)CC1)N(C)Cc1nc2ccccc2s1. The molecule has 1 aliphatic heterocycles. The van der Waals surface area contributed by atoms with E-state index in [0.29, 0.717) is 37.6 Å². The van der Waals surface area contributed by atoms with Crippen molar-refractivity contribution in [2.45, 2.75) is 24.4 Å². The third-order valence-corrected chi connectivity index (χ3v) is 8.61.